The predicted molar refractivity (Wildman–Crippen MR) is 71.8 cm³/mol. The summed E-state index contributed by atoms with van der Waals surface area (Å²) in [6.45, 7) is 8.75. The van der Waals surface area contributed by atoms with Gasteiger partial charge in [0.25, 0.3) is 0 Å². The largest absolute Gasteiger partial charge is 0.466 e. The van der Waals surface area contributed by atoms with Crippen molar-refractivity contribution < 1.29 is 28.6 Å². The van der Waals surface area contributed by atoms with E-state index in [2.05, 4.69) is 6.58 Å². The molecule has 114 valence electrons. The summed E-state index contributed by atoms with van der Waals surface area (Å²) in [6, 6.07) is 0. The second-order valence-corrected chi connectivity index (χ2v) is 4.00. The third-order valence-electron chi connectivity index (χ3n) is 2.58. The minimum Gasteiger partial charge on any atom is -0.466 e. The number of rotatable bonds is 9. The lowest BCUT2D eigenvalue weighted by molar-refractivity contribution is -0.176. The summed E-state index contributed by atoms with van der Waals surface area (Å²) in [5, 5.41) is 0. The summed E-state index contributed by atoms with van der Waals surface area (Å²) in [5.74, 6) is -2.26. The van der Waals surface area contributed by atoms with E-state index in [1.165, 1.54) is 6.08 Å². The van der Waals surface area contributed by atoms with Crippen molar-refractivity contribution in [3.05, 3.63) is 12.7 Å². The molecular weight excluding hydrogens is 264 g/mol. The zero-order valence-electron chi connectivity index (χ0n) is 12.3. The summed E-state index contributed by atoms with van der Waals surface area (Å²) >= 11 is 0. The quantitative estimate of drug-likeness (QED) is 0.277. The van der Waals surface area contributed by atoms with Crippen LogP contribution in [0.25, 0.3) is 0 Å². The molecule has 0 N–H and O–H groups in total. The van der Waals surface area contributed by atoms with Crippen LogP contribution in [-0.2, 0) is 28.6 Å². The summed E-state index contributed by atoms with van der Waals surface area (Å²) < 4.78 is 14.6. The summed E-state index contributed by atoms with van der Waals surface area (Å²) in [5.41, 5.74) is -1.72. The van der Waals surface area contributed by atoms with Crippen molar-refractivity contribution in [2.75, 3.05) is 19.8 Å². The van der Waals surface area contributed by atoms with Gasteiger partial charge in [0, 0.05) is 0 Å². The highest BCUT2D eigenvalue weighted by atomic mass is 16.6. The van der Waals surface area contributed by atoms with E-state index < -0.39 is 29.7 Å². The van der Waals surface area contributed by atoms with Gasteiger partial charge in [0.1, 0.15) is 0 Å². The second-order valence-electron chi connectivity index (χ2n) is 4.00. The van der Waals surface area contributed by atoms with Crippen LogP contribution in [0.4, 0.5) is 0 Å². The van der Waals surface area contributed by atoms with E-state index in [0.717, 1.165) is 0 Å². The maximum Gasteiger partial charge on any atom is 0.324 e. The van der Waals surface area contributed by atoms with Crippen LogP contribution in [0.2, 0.25) is 0 Å². The van der Waals surface area contributed by atoms with Gasteiger partial charge in [-0.3, -0.25) is 14.4 Å². The van der Waals surface area contributed by atoms with Crippen molar-refractivity contribution >= 4 is 17.9 Å². The molecule has 6 heteroatoms. The molecule has 6 nitrogen and oxygen atoms in total. The van der Waals surface area contributed by atoms with Gasteiger partial charge in [-0.05, 0) is 27.2 Å². The monoisotopic (exact) mass is 286 g/mol. The smallest absolute Gasteiger partial charge is 0.324 e. The molecular formula is C14H22O6. The van der Waals surface area contributed by atoms with Crippen LogP contribution in [0.5, 0.6) is 0 Å². The molecule has 0 aromatic carbocycles. The topological polar surface area (TPSA) is 78.9 Å². The van der Waals surface area contributed by atoms with Crippen molar-refractivity contribution in [2.24, 2.45) is 5.41 Å². The van der Waals surface area contributed by atoms with E-state index in [-0.39, 0.29) is 26.2 Å². The van der Waals surface area contributed by atoms with Gasteiger partial charge >= 0.3 is 17.9 Å². The molecule has 0 radical (unpaired) electrons. The molecule has 0 aliphatic heterocycles. The van der Waals surface area contributed by atoms with Gasteiger partial charge in [0.2, 0.25) is 0 Å². The lowest BCUT2D eigenvalue weighted by atomic mass is 9.81. The first-order chi connectivity index (χ1) is 9.48. The van der Waals surface area contributed by atoms with Gasteiger partial charge in [-0.1, -0.05) is 6.08 Å². The lowest BCUT2D eigenvalue weighted by Gasteiger charge is -2.27. The molecule has 0 aromatic rings. The molecule has 0 saturated heterocycles. The van der Waals surface area contributed by atoms with E-state index in [9.17, 15) is 14.4 Å². The van der Waals surface area contributed by atoms with Crippen molar-refractivity contribution in [1.82, 2.24) is 0 Å². The van der Waals surface area contributed by atoms with Gasteiger partial charge in [-0.25, -0.2) is 0 Å². The van der Waals surface area contributed by atoms with Gasteiger partial charge in [-0.15, -0.1) is 6.58 Å². The van der Waals surface area contributed by atoms with E-state index in [0.29, 0.717) is 0 Å². The van der Waals surface area contributed by atoms with Crippen LogP contribution in [0, 0.1) is 5.41 Å². The Hall–Kier alpha value is -1.85. The van der Waals surface area contributed by atoms with Crippen LogP contribution in [0.1, 0.15) is 33.6 Å². The molecule has 0 unspecified atom stereocenters. The molecule has 0 amide bonds. The fourth-order valence-corrected chi connectivity index (χ4v) is 1.71. The highest BCUT2D eigenvalue weighted by molar-refractivity contribution is 6.03. The lowest BCUT2D eigenvalue weighted by Crippen LogP contribution is -2.44. The number of ether oxygens (including phenoxy) is 3. The first-order valence-electron chi connectivity index (χ1n) is 6.59. The summed E-state index contributed by atoms with van der Waals surface area (Å²) in [7, 11) is 0. The number of hydrogen-bond acceptors (Lipinski definition) is 6. The minimum absolute atomic E-state index is 0.0521. The number of carbonyl (C=O) groups is 3. The van der Waals surface area contributed by atoms with Crippen molar-refractivity contribution in [3.8, 4) is 0 Å². The molecule has 20 heavy (non-hydrogen) atoms. The Morgan fingerprint density at radius 1 is 0.950 bits per heavy atom. The number of esters is 3. The summed E-state index contributed by atoms with van der Waals surface area (Å²) in [6.07, 6.45) is 0.904. The molecule has 0 heterocycles. The molecule has 0 bridgehead atoms. The molecule has 0 atom stereocenters. The molecule has 0 saturated carbocycles. The maximum atomic E-state index is 12.1. The predicted octanol–water partition coefficient (Wildman–Crippen LogP) is 1.63. The number of hydrogen-bond donors (Lipinski definition) is 0. The second kappa shape index (κ2) is 9.12. The first-order valence-corrected chi connectivity index (χ1v) is 6.59. The Balaban J connectivity index is 5.41. The first kappa shape index (κ1) is 18.1. The Kier molecular flexibility index (Phi) is 8.27. The SMILES string of the molecule is C=CCC(CC(=O)OCC)(C(=O)OCC)C(=O)OCC. The Labute approximate surface area is 119 Å². The van der Waals surface area contributed by atoms with Gasteiger partial charge in [0.05, 0.1) is 26.2 Å². The summed E-state index contributed by atoms with van der Waals surface area (Å²) in [4.78, 5) is 35.9. The third-order valence-corrected chi connectivity index (χ3v) is 2.58. The fraction of sp³-hybridized carbons (Fsp3) is 0.643. The molecule has 0 aliphatic rings. The average molecular weight is 286 g/mol. The Bertz CT molecular complexity index is 343. The van der Waals surface area contributed by atoms with E-state index >= 15 is 0 Å². The van der Waals surface area contributed by atoms with Crippen LogP contribution >= 0.6 is 0 Å². The van der Waals surface area contributed by atoms with Gasteiger partial charge in [0.15, 0.2) is 5.41 Å². The molecule has 0 rings (SSSR count). The third kappa shape index (κ3) is 4.68. The Morgan fingerprint density at radius 2 is 1.40 bits per heavy atom. The Morgan fingerprint density at radius 3 is 1.75 bits per heavy atom. The van der Waals surface area contributed by atoms with E-state index in [1.54, 1.807) is 20.8 Å². The van der Waals surface area contributed by atoms with Gasteiger partial charge < -0.3 is 14.2 Å². The maximum absolute atomic E-state index is 12.1. The standard InChI is InChI=1S/C14H22O6/c1-5-9-14(12(16)19-7-3,13(17)20-8-4)10-11(15)18-6-2/h5H,1,6-10H2,2-4H3. The average Bonchev–Trinajstić information content (AvgIpc) is 2.38. The highest BCUT2D eigenvalue weighted by Crippen LogP contribution is 2.31. The minimum atomic E-state index is -1.72. The number of allylic oxidation sites excluding steroid dienone is 1. The zero-order valence-corrected chi connectivity index (χ0v) is 12.3. The van der Waals surface area contributed by atoms with Gasteiger partial charge in [-0.2, -0.15) is 0 Å². The van der Waals surface area contributed by atoms with E-state index in [4.69, 9.17) is 14.2 Å². The van der Waals surface area contributed by atoms with E-state index in [1.807, 2.05) is 0 Å². The molecule has 0 aliphatic carbocycles. The normalized spacial score (nSPS) is 10.6. The molecule has 0 spiro atoms. The van der Waals surface area contributed by atoms with Crippen molar-refractivity contribution in [3.63, 3.8) is 0 Å². The molecule has 0 fully saturated rings. The van der Waals surface area contributed by atoms with Crippen molar-refractivity contribution in [1.29, 1.82) is 0 Å². The molecule has 0 aromatic heterocycles. The van der Waals surface area contributed by atoms with Crippen LogP contribution in [0.15, 0.2) is 12.7 Å². The van der Waals surface area contributed by atoms with Crippen LogP contribution < -0.4 is 0 Å². The van der Waals surface area contributed by atoms with Crippen molar-refractivity contribution in [2.45, 2.75) is 33.6 Å². The number of carbonyl (C=O) groups excluding carboxylic acids is 3. The zero-order chi connectivity index (χ0) is 15.6. The van der Waals surface area contributed by atoms with Crippen LogP contribution in [0.3, 0.4) is 0 Å². The highest BCUT2D eigenvalue weighted by Gasteiger charge is 2.50. The van der Waals surface area contributed by atoms with Crippen LogP contribution in [-0.4, -0.2) is 37.7 Å². The fourth-order valence-electron chi connectivity index (χ4n) is 1.71.